The summed E-state index contributed by atoms with van der Waals surface area (Å²) in [4.78, 5) is 0.434. The third-order valence-electron chi connectivity index (χ3n) is 3.23. The van der Waals surface area contributed by atoms with E-state index in [1.54, 1.807) is 6.07 Å². The second-order valence-corrected chi connectivity index (χ2v) is 7.85. The second-order valence-electron chi connectivity index (χ2n) is 5.84. The Hall–Kier alpha value is -1.03. The molecule has 0 fully saturated rings. The van der Waals surface area contributed by atoms with Crippen molar-refractivity contribution in [2.75, 3.05) is 11.1 Å². The maximum absolute atomic E-state index is 12.2. The summed E-state index contributed by atoms with van der Waals surface area (Å²) < 4.78 is 24.4. The van der Waals surface area contributed by atoms with Crippen molar-refractivity contribution in [1.82, 2.24) is 0 Å². The third kappa shape index (κ3) is 2.32. The third-order valence-corrected chi connectivity index (χ3v) is 5.03. The molecule has 0 bridgehead atoms. The van der Waals surface area contributed by atoms with E-state index >= 15 is 0 Å². The highest BCUT2D eigenvalue weighted by Crippen LogP contribution is 2.34. The lowest BCUT2D eigenvalue weighted by Crippen LogP contribution is -2.43. The van der Waals surface area contributed by atoms with Crippen LogP contribution < -0.4 is 5.32 Å². The van der Waals surface area contributed by atoms with Gasteiger partial charge in [0.15, 0.2) is 9.84 Å². The van der Waals surface area contributed by atoms with Crippen LogP contribution in [0.15, 0.2) is 23.1 Å². The largest absolute Gasteiger partial charge is 0.380 e. The van der Waals surface area contributed by atoms with Gasteiger partial charge in [-0.1, -0.05) is 26.8 Å². The molecule has 1 aliphatic rings. The Morgan fingerprint density at radius 3 is 2.53 bits per heavy atom. The van der Waals surface area contributed by atoms with Gasteiger partial charge in [-0.15, -0.1) is 0 Å². The topological polar surface area (TPSA) is 46.2 Å². The first-order valence-corrected chi connectivity index (χ1v) is 7.45. The molecule has 1 aromatic carbocycles. The van der Waals surface area contributed by atoms with E-state index in [1.807, 2.05) is 19.1 Å². The highest BCUT2D eigenvalue weighted by Gasteiger charge is 2.36. The van der Waals surface area contributed by atoms with E-state index in [1.165, 1.54) is 0 Å². The lowest BCUT2D eigenvalue weighted by molar-refractivity contribution is 0.356. The SMILES string of the molecule is Cc1ccc2c(c1)NC(C(C)(C)C)CS2(=O)=O. The monoisotopic (exact) mass is 253 g/mol. The molecule has 1 heterocycles. The molecule has 4 heteroatoms. The standard InChI is InChI=1S/C13H19NO2S/c1-9-5-6-11-10(7-9)14-12(13(2,3)4)8-17(11,15)16/h5-7,12,14H,8H2,1-4H3. The van der Waals surface area contributed by atoms with Crippen LogP contribution in [0.4, 0.5) is 5.69 Å². The normalized spacial score (nSPS) is 22.7. The first-order valence-electron chi connectivity index (χ1n) is 5.80. The molecule has 0 radical (unpaired) electrons. The number of hydrogen-bond donors (Lipinski definition) is 1. The molecule has 1 atom stereocenters. The van der Waals surface area contributed by atoms with Crippen LogP contribution in [0, 0.1) is 12.3 Å². The number of fused-ring (bicyclic) bond motifs is 1. The van der Waals surface area contributed by atoms with Gasteiger partial charge < -0.3 is 5.32 Å². The van der Waals surface area contributed by atoms with E-state index in [9.17, 15) is 8.42 Å². The zero-order valence-corrected chi connectivity index (χ0v) is 11.6. The summed E-state index contributed by atoms with van der Waals surface area (Å²) in [5.41, 5.74) is 1.74. The molecule has 0 aliphatic carbocycles. The predicted octanol–water partition coefficient (Wildman–Crippen LogP) is 2.61. The van der Waals surface area contributed by atoms with Crippen LogP contribution >= 0.6 is 0 Å². The van der Waals surface area contributed by atoms with Gasteiger partial charge in [-0.05, 0) is 30.0 Å². The quantitative estimate of drug-likeness (QED) is 0.773. The molecule has 0 saturated carbocycles. The number of aryl methyl sites for hydroxylation is 1. The Bertz CT molecular complexity index is 541. The van der Waals surface area contributed by atoms with Gasteiger partial charge in [0, 0.05) is 6.04 Å². The highest BCUT2D eigenvalue weighted by atomic mass is 32.2. The van der Waals surface area contributed by atoms with Crippen LogP contribution in [0.25, 0.3) is 0 Å². The van der Waals surface area contributed by atoms with Gasteiger partial charge in [0.05, 0.1) is 16.3 Å². The lowest BCUT2D eigenvalue weighted by Gasteiger charge is -2.36. The molecule has 3 nitrogen and oxygen atoms in total. The Kier molecular flexibility index (Phi) is 2.73. The zero-order valence-electron chi connectivity index (χ0n) is 10.7. The summed E-state index contributed by atoms with van der Waals surface area (Å²) in [5.74, 6) is 0.173. The van der Waals surface area contributed by atoms with E-state index < -0.39 is 9.84 Å². The molecule has 17 heavy (non-hydrogen) atoms. The number of nitrogens with one attached hydrogen (secondary N) is 1. The first-order chi connectivity index (χ1) is 7.70. The van der Waals surface area contributed by atoms with Crippen LogP contribution in [0.2, 0.25) is 0 Å². The van der Waals surface area contributed by atoms with E-state index in [4.69, 9.17) is 0 Å². The number of benzene rings is 1. The summed E-state index contributed by atoms with van der Waals surface area (Å²) in [6, 6.07) is 5.41. The molecule has 0 amide bonds. The fraction of sp³-hybridized carbons (Fsp3) is 0.538. The molecule has 94 valence electrons. The molecule has 0 spiro atoms. The fourth-order valence-corrected chi connectivity index (χ4v) is 3.96. The Labute approximate surface area is 103 Å². The van der Waals surface area contributed by atoms with Crippen molar-refractivity contribution in [1.29, 1.82) is 0 Å². The molecule has 2 rings (SSSR count). The van der Waals surface area contributed by atoms with Crippen molar-refractivity contribution in [3.63, 3.8) is 0 Å². The molecular weight excluding hydrogens is 234 g/mol. The van der Waals surface area contributed by atoms with Crippen LogP contribution in [0.1, 0.15) is 26.3 Å². The minimum atomic E-state index is -3.15. The Morgan fingerprint density at radius 2 is 1.94 bits per heavy atom. The number of anilines is 1. The number of rotatable bonds is 0. The molecular formula is C13H19NO2S. The van der Waals surface area contributed by atoms with Gasteiger partial charge in [0.25, 0.3) is 0 Å². The Balaban J connectivity index is 2.53. The molecule has 0 aromatic heterocycles. The van der Waals surface area contributed by atoms with Crippen LogP contribution in [0.3, 0.4) is 0 Å². The van der Waals surface area contributed by atoms with E-state index in [0.29, 0.717) is 4.90 Å². The minimum absolute atomic E-state index is 0.0400. The van der Waals surface area contributed by atoms with Crippen LogP contribution in [-0.2, 0) is 9.84 Å². The maximum atomic E-state index is 12.2. The smallest absolute Gasteiger partial charge is 0.182 e. The second kappa shape index (κ2) is 3.73. The van der Waals surface area contributed by atoms with E-state index in [2.05, 4.69) is 26.1 Å². The zero-order chi connectivity index (χ0) is 12.8. The summed E-state index contributed by atoms with van der Waals surface area (Å²) in [7, 11) is -3.15. The lowest BCUT2D eigenvalue weighted by atomic mass is 9.87. The fourth-order valence-electron chi connectivity index (χ4n) is 2.03. The van der Waals surface area contributed by atoms with Crippen molar-refractivity contribution in [2.45, 2.75) is 38.6 Å². The first kappa shape index (κ1) is 12.4. The van der Waals surface area contributed by atoms with Gasteiger partial charge in [-0.25, -0.2) is 8.42 Å². The summed E-state index contributed by atoms with van der Waals surface area (Å²) in [6.07, 6.45) is 0. The van der Waals surface area contributed by atoms with Gasteiger partial charge in [0.2, 0.25) is 0 Å². The summed E-state index contributed by atoms with van der Waals surface area (Å²) in [6.45, 7) is 8.14. The van der Waals surface area contributed by atoms with E-state index in [0.717, 1.165) is 11.3 Å². The maximum Gasteiger partial charge on any atom is 0.182 e. The van der Waals surface area contributed by atoms with Crippen molar-refractivity contribution in [2.24, 2.45) is 5.41 Å². The van der Waals surface area contributed by atoms with Gasteiger partial charge in [0.1, 0.15) is 0 Å². The summed E-state index contributed by atoms with van der Waals surface area (Å²) in [5, 5.41) is 3.35. The van der Waals surface area contributed by atoms with Crippen molar-refractivity contribution in [3.05, 3.63) is 23.8 Å². The highest BCUT2D eigenvalue weighted by molar-refractivity contribution is 7.91. The number of hydrogen-bond acceptors (Lipinski definition) is 3. The molecule has 1 unspecified atom stereocenters. The Morgan fingerprint density at radius 1 is 1.29 bits per heavy atom. The molecule has 1 N–H and O–H groups in total. The number of sulfone groups is 1. The predicted molar refractivity (Wildman–Crippen MR) is 70.1 cm³/mol. The van der Waals surface area contributed by atoms with Crippen LogP contribution in [0.5, 0.6) is 0 Å². The molecule has 1 aromatic rings. The van der Waals surface area contributed by atoms with Gasteiger partial charge in [-0.2, -0.15) is 0 Å². The van der Waals surface area contributed by atoms with Gasteiger partial charge >= 0.3 is 0 Å². The van der Waals surface area contributed by atoms with Crippen molar-refractivity contribution >= 4 is 15.5 Å². The van der Waals surface area contributed by atoms with E-state index in [-0.39, 0.29) is 17.2 Å². The molecule has 1 aliphatic heterocycles. The van der Waals surface area contributed by atoms with Crippen molar-refractivity contribution < 1.29 is 8.42 Å². The van der Waals surface area contributed by atoms with Crippen LogP contribution in [-0.4, -0.2) is 20.2 Å². The molecule has 0 saturated heterocycles. The summed E-state index contributed by atoms with van der Waals surface area (Å²) >= 11 is 0. The van der Waals surface area contributed by atoms with Crippen molar-refractivity contribution in [3.8, 4) is 0 Å². The average Bonchev–Trinajstić information content (AvgIpc) is 2.13. The minimum Gasteiger partial charge on any atom is -0.380 e. The average molecular weight is 253 g/mol. The van der Waals surface area contributed by atoms with Gasteiger partial charge in [-0.3, -0.25) is 0 Å².